The van der Waals surface area contributed by atoms with Crippen molar-refractivity contribution in [2.24, 2.45) is 5.10 Å². The summed E-state index contributed by atoms with van der Waals surface area (Å²) in [5.41, 5.74) is 10.00. The van der Waals surface area contributed by atoms with Crippen LogP contribution in [0.15, 0.2) is 76.2 Å². The molecular formula is C28H25N3O2. The van der Waals surface area contributed by atoms with Crippen LogP contribution >= 0.6 is 0 Å². The molecule has 2 heterocycles. The van der Waals surface area contributed by atoms with Crippen molar-refractivity contribution in [3.8, 4) is 5.69 Å². The van der Waals surface area contributed by atoms with Gasteiger partial charge in [0.2, 0.25) is 0 Å². The van der Waals surface area contributed by atoms with Gasteiger partial charge >= 0.3 is 5.91 Å². The number of nitrogens with zero attached hydrogens (tertiary/aromatic N) is 2. The number of hydrogen-bond donors (Lipinski definition) is 1. The Hall–Kier alpha value is -4.12. The van der Waals surface area contributed by atoms with Crippen LogP contribution in [0.25, 0.3) is 27.4 Å². The highest BCUT2D eigenvalue weighted by Crippen LogP contribution is 2.28. The van der Waals surface area contributed by atoms with Gasteiger partial charge in [-0.1, -0.05) is 48.0 Å². The van der Waals surface area contributed by atoms with E-state index < -0.39 is 0 Å². The summed E-state index contributed by atoms with van der Waals surface area (Å²) in [5, 5.41) is 7.28. The highest BCUT2D eigenvalue weighted by molar-refractivity contribution is 6.08. The first kappa shape index (κ1) is 20.8. The van der Waals surface area contributed by atoms with Gasteiger partial charge in [0.1, 0.15) is 5.58 Å². The van der Waals surface area contributed by atoms with Gasteiger partial charge in [-0.25, -0.2) is 5.43 Å². The molecule has 0 bridgehead atoms. The first-order chi connectivity index (χ1) is 15.9. The molecule has 5 heteroatoms. The molecule has 0 aliphatic carbocycles. The fourth-order valence-corrected chi connectivity index (χ4v) is 4.47. The SMILES string of the molecule is Cc1ccc(-n2c(C)cc(/C=N/NC(=O)c3cc4c(ccc5ccccc54)o3)c2C)c(C)c1. The zero-order valence-corrected chi connectivity index (χ0v) is 19.1. The van der Waals surface area contributed by atoms with Gasteiger partial charge in [-0.3, -0.25) is 4.79 Å². The molecular weight excluding hydrogens is 410 g/mol. The molecule has 5 nitrogen and oxygen atoms in total. The summed E-state index contributed by atoms with van der Waals surface area (Å²) in [5.74, 6) is -0.144. The van der Waals surface area contributed by atoms with Crippen molar-refractivity contribution in [3.63, 3.8) is 0 Å². The molecule has 1 amide bonds. The molecule has 1 N–H and O–H groups in total. The van der Waals surface area contributed by atoms with Crippen LogP contribution in [0.3, 0.4) is 0 Å². The number of hydrazone groups is 1. The van der Waals surface area contributed by atoms with E-state index >= 15 is 0 Å². The molecule has 0 aliphatic rings. The molecule has 5 rings (SSSR count). The first-order valence-corrected chi connectivity index (χ1v) is 10.9. The number of furan rings is 1. The average molecular weight is 436 g/mol. The second-order valence-electron chi connectivity index (χ2n) is 8.46. The third-order valence-corrected chi connectivity index (χ3v) is 6.08. The molecule has 2 aromatic heterocycles. The fraction of sp³-hybridized carbons (Fsp3) is 0.143. The van der Waals surface area contributed by atoms with Crippen molar-refractivity contribution < 1.29 is 9.21 Å². The zero-order chi connectivity index (χ0) is 23.1. The lowest BCUT2D eigenvalue weighted by Gasteiger charge is -2.13. The summed E-state index contributed by atoms with van der Waals surface area (Å²) < 4.78 is 7.99. The van der Waals surface area contributed by atoms with Crippen LogP contribution in [-0.4, -0.2) is 16.7 Å². The van der Waals surface area contributed by atoms with E-state index in [-0.39, 0.29) is 11.7 Å². The maximum absolute atomic E-state index is 12.7. The summed E-state index contributed by atoms with van der Waals surface area (Å²) in [7, 11) is 0. The van der Waals surface area contributed by atoms with Crippen LogP contribution in [-0.2, 0) is 0 Å². The molecule has 0 radical (unpaired) electrons. The van der Waals surface area contributed by atoms with Gasteiger partial charge in [0.25, 0.3) is 0 Å². The van der Waals surface area contributed by atoms with E-state index in [1.54, 1.807) is 12.3 Å². The molecule has 164 valence electrons. The van der Waals surface area contributed by atoms with Crippen molar-refractivity contribution in [1.29, 1.82) is 0 Å². The van der Waals surface area contributed by atoms with Crippen molar-refractivity contribution in [2.75, 3.05) is 0 Å². The summed E-state index contributed by atoms with van der Waals surface area (Å²) in [6.07, 6.45) is 1.68. The van der Waals surface area contributed by atoms with Crippen molar-refractivity contribution in [2.45, 2.75) is 27.7 Å². The number of carbonyl (C=O) groups excluding carboxylic acids is 1. The van der Waals surface area contributed by atoms with Crippen molar-refractivity contribution >= 4 is 33.9 Å². The molecule has 5 aromatic rings. The number of benzene rings is 3. The minimum atomic E-state index is -0.380. The maximum Gasteiger partial charge on any atom is 0.307 e. The van der Waals surface area contributed by atoms with Gasteiger partial charge in [0, 0.05) is 28.0 Å². The Labute approximate surface area is 192 Å². The number of nitrogens with one attached hydrogen (secondary N) is 1. The Balaban J connectivity index is 1.39. The number of amides is 1. The fourth-order valence-electron chi connectivity index (χ4n) is 4.47. The molecule has 0 saturated carbocycles. The summed E-state index contributed by atoms with van der Waals surface area (Å²) in [6.45, 7) is 8.34. The number of aryl methyl sites for hydroxylation is 3. The molecule has 33 heavy (non-hydrogen) atoms. The third-order valence-electron chi connectivity index (χ3n) is 6.08. The van der Waals surface area contributed by atoms with E-state index in [9.17, 15) is 4.79 Å². The lowest BCUT2D eigenvalue weighted by molar-refractivity contribution is 0.0929. The quantitative estimate of drug-likeness (QED) is 0.263. The second kappa shape index (κ2) is 8.10. The van der Waals surface area contributed by atoms with E-state index in [0.29, 0.717) is 5.58 Å². The number of rotatable bonds is 4. The van der Waals surface area contributed by atoms with Gasteiger partial charge in [-0.05, 0) is 68.3 Å². The van der Waals surface area contributed by atoms with E-state index in [2.05, 4.69) is 67.1 Å². The van der Waals surface area contributed by atoms with Crippen LogP contribution in [0.4, 0.5) is 0 Å². The van der Waals surface area contributed by atoms with Crippen LogP contribution in [0.2, 0.25) is 0 Å². The average Bonchev–Trinajstić information content (AvgIpc) is 3.35. The molecule has 3 aromatic carbocycles. The first-order valence-electron chi connectivity index (χ1n) is 10.9. The molecule has 0 saturated heterocycles. The Morgan fingerprint density at radius 1 is 0.939 bits per heavy atom. The number of fused-ring (bicyclic) bond motifs is 3. The number of aromatic nitrogens is 1. The summed E-state index contributed by atoms with van der Waals surface area (Å²) >= 11 is 0. The van der Waals surface area contributed by atoms with Gasteiger partial charge in [-0.2, -0.15) is 5.10 Å². The third kappa shape index (κ3) is 3.72. The normalized spacial score (nSPS) is 11.6. The highest BCUT2D eigenvalue weighted by Gasteiger charge is 2.14. The lowest BCUT2D eigenvalue weighted by atomic mass is 10.1. The number of carbonyl (C=O) groups is 1. The van der Waals surface area contributed by atoms with Gasteiger partial charge in [-0.15, -0.1) is 0 Å². The van der Waals surface area contributed by atoms with Crippen LogP contribution in [0.5, 0.6) is 0 Å². The topological polar surface area (TPSA) is 59.5 Å². The standard InChI is InChI=1S/C28H25N3O2/c1-17-9-11-25(18(2)13-17)31-19(3)14-22(20(31)4)16-29-30-28(32)27-15-24-23-8-6-5-7-21(23)10-12-26(24)33-27/h5-16H,1-4H3,(H,30,32)/b29-16+. The molecule has 0 unspecified atom stereocenters. The zero-order valence-electron chi connectivity index (χ0n) is 19.1. The summed E-state index contributed by atoms with van der Waals surface area (Å²) in [6, 6.07) is 22.2. The molecule has 0 atom stereocenters. The van der Waals surface area contributed by atoms with Gasteiger partial charge in [0.05, 0.1) is 6.21 Å². The van der Waals surface area contributed by atoms with Crippen molar-refractivity contribution in [3.05, 3.63) is 101 Å². The molecule has 0 aliphatic heterocycles. The van der Waals surface area contributed by atoms with Gasteiger partial charge in [0.15, 0.2) is 5.76 Å². The highest BCUT2D eigenvalue weighted by atomic mass is 16.3. The van der Waals surface area contributed by atoms with E-state index in [0.717, 1.165) is 38.8 Å². The second-order valence-corrected chi connectivity index (χ2v) is 8.46. The van der Waals surface area contributed by atoms with Crippen LogP contribution < -0.4 is 5.43 Å². The van der Waals surface area contributed by atoms with Gasteiger partial charge < -0.3 is 8.98 Å². The van der Waals surface area contributed by atoms with E-state index in [1.165, 1.54) is 11.1 Å². The largest absolute Gasteiger partial charge is 0.451 e. The minimum Gasteiger partial charge on any atom is -0.451 e. The molecule has 0 spiro atoms. The Bertz CT molecular complexity index is 1550. The smallest absolute Gasteiger partial charge is 0.307 e. The monoisotopic (exact) mass is 435 g/mol. The van der Waals surface area contributed by atoms with Crippen molar-refractivity contribution in [1.82, 2.24) is 9.99 Å². The minimum absolute atomic E-state index is 0.235. The van der Waals surface area contributed by atoms with E-state index in [1.807, 2.05) is 36.4 Å². The summed E-state index contributed by atoms with van der Waals surface area (Å²) in [4.78, 5) is 12.7. The predicted octanol–water partition coefficient (Wildman–Crippen LogP) is 6.37. The Morgan fingerprint density at radius 2 is 1.76 bits per heavy atom. The number of hydrogen-bond acceptors (Lipinski definition) is 3. The van der Waals surface area contributed by atoms with E-state index in [4.69, 9.17) is 4.42 Å². The predicted molar refractivity (Wildman–Crippen MR) is 133 cm³/mol. The maximum atomic E-state index is 12.7. The lowest BCUT2D eigenvalue weighted by Crippen LogP contribution is -2.16. The Kier molecular flexibility index (Phi) is 5.09. The Morgan fingerprint density at radius 3 is 2.58 bits per heavy atom. The molecule has 0 fully saturated rings. The van der Waals surface area contributed by atoms with Crippen LogP contribution in [0.1, 0.15) is 38.6 Å². The van der Waals surface area contributed by atoms with Crippen LogP contribution in [0, 0.1) is 27.7 Å².